The maximum Gasteiger partial charge on any atom is -0.0140 e. The molecular formula is C16H26. The summed E-state index contributed by atoms with van der Waals surface area (Å²) in [5, 5.41) is 0. The molecule has 0 heteroatoms. The summed E-state index contributed by atoms with van der Waals surface area (Å²) in [5.74, 6) is 3.42. The molecule has 0 spiro atoms. The van der Waals surface area contributed by atoms with E-state index in [9.17, 15) is 0 Å². The highest BCUT2D eigenvalue weighted by Crippen LogP contribution is 2.48. The smallest absolute Gasteiger partial charge is 0.0140 e. The lowest BCUT2D eigenvalue weighted by Gasteiger charge is -2.44. The minimum Gasteiger partial charge on any atom is -0.0998 e. The Labute approximate surface area is 101 Å². The summed E-state index contributed by atoms with van der Waals surface area (Å²) in [5.41, 5.74) is 2.77. The first-order valence-electron chi connectivity index (χ1n) is 6.90. The van der Waals surface area contributed by atoms with Gasteiger partial charge in [0.2, 0.25) is 0 Å². The number of fused-ring (bicyclic) bond motifs is 1. The van der Waals surface area contributed by atoms with Crippen LogP contribution in [0.3, 0.4) is 0 Å². The second-order valence-electron chi connectivity index (χ2n) is 6.18. The minimum absolute atomic E-state index is 0.719. The van der Waals surface area contributed by atoms with Gasteiger partial charge in [0, 0.05) is 0 Å². The zero-order chi connectivity index (χ0) is 11.7. The van der Waals surface area contributed by atoms with Crippen molar-refractivity contribution in [2.75, 3.05) is 0 Å². The standard InChI is InChI=1S/C16H26/c1-11(2)15-9-13-7-5-6-8-14(13)10-16(15)12(3)4/h13-16H,1,3,5-10H2,2,4H3. The summed E-state index contributed by atoms with van der Waals surface area (Å²) < 4.78 is 0. The van der Waals surface area contributed by atoms with Gasteiger partial charge in [-0.05, 0) is 50.4 Å². The first-order valence-corrected chi connectivity index (χ1v) is 6.90. The van der Waals surface area contributed by atoms with Gasteiger partial charge >= 0.3 is 0 Å². The largest absolute Gasteiger partial charge is 0.0998 e. The third-order valence-corrected chi connectivity index (χ3v) is 4.93. The Kier molecular flexibility index (Phi) is 3.56. The molecule has 0 aromatic heterocycles. The van der Waals surface area contributed by atoms with Crippen LogP contribution in [0.25, 0.3) is 0 Å². The van der Waals surface area contributed by atoms with E-state index in [1.807, 2.05) is 0 Å². The molecule has 4 unspecified atom stereocenters. The first kappa shape index (κ1) is 12.0. The molecule has 2 aliphatic rings. The Hall–Kier alpha value is -0.520. The van der Waals surface area contributed by atoms with Crippen molar-refractivity contribution in [3.63, 3.8) is 0 Å². The molecule has 0 N–H and O–H groups in total. The fourth-order valence-electron chi connectivity index (χ4n) is 3.98. The van der Waals surface area contributed by atoms with Gasteiger partial charge in [0.25, 0.3) is 0 Å². The van der Waals surface area contributed by atoms with Crippen molar-refractivity contribution < 1.29 is 0 Å². The van der Waals surface area contributed by atoms with Crippen LogP contribution in [-0.4, -0.2) is 0 Å². The fourth-order valence-corrected chi connectivity index (χ4v) is 3.98. The highest BCUT2D eigenvalue weighted by atomic mass is 14.4. The van der Waals surface area contributed by atoms with E-state index in [2.05, 4.69) is 27.0 Å². The second-order valence-corrected chi connectivity index (χ2v) is 6.18. The number of hydrogen-bond acceptors (Lipinski definition) is 0. The molecule has 0 radical (unpaired) electrons. The third-order valence-electron chi connectivity index (χ3n) is 4.93. The van der Waals surface area contributed by atoms with Gasteiger partial charge in [-0.1, -0.05) is 50.0 Å². The van der Waals surface area contributed by atoms with Crippen LogP contribution in [0.1, 0.15) is 52.4 Å². The van der Waals surface area contributed by atoms with E-state index in [4.69, 9.17) is 0 Å². The summed E-state index contributed by atoms with van der Waals surface area (Å²) in [6.07, 6.45) is 8.63. The molecule has 0 aliphatic heterocycles. The zero-order valence-corrected chi connectivity index (χ0v) is 11.0. The molecule has 2 rings (SSSR count). The highest BCUT2D eigenvalue weighted by molar-refractivity contribution is 5.12. The molecule has 0 bridgehead atoms. The van der Waals surface area contributed by atoms with E-state index in [1.165, 1.54) is 49.7 Å². The Morgan fingerprint density at radius 2 is 1.19 bits per heavy atom. The first-order chi connectivity index (χ1) is 7.59. The lowest BCUT2D eigenvalue weighted by Crippen LogP contribution is -2.34. The Morgan fingerprint density at radius 1 is 0.812 bits per heavy atom. The predicted octanol–water partition coefficient (Wildman–Crippen LogP) is 4.97. The summed E-state index contributed by atoms with van der Waals surface area (Å²) in [7, 11) is 0. The molecule has 0 nitrogen and oxygen atoms in total. The van der Waals surface area contributed by atoms with Crippen LogP contribution in [-0.2, 0) is 0 Å². The molecule has 2 aliphatic carbocycles. The highest BCUT2D eigenvalue weighted by Gasteiger charge is 2.38. The molecule has 0 aromatic rings. The van der Waals surface area contributed by atoms with Gasteiger partial charge in [0.1, 0.15) is 0 Å². The molecule has 2 fully saturated rings. The number of rotatable bonds is 2. The average Bonchev–Trinajstić information content (AvgIpc) is 2.27. The predicted molar refractivity (Wildman–Crippen MR) is 71.3 cm³/mol. The molecule has 0 heterocycles. The second kappa shape index (κ2) is 4.77. The molecule has 0 saturated heterocycles. The van der Waals surface area contributed by atoms with Gasteiger partial charge in [-0.2, -0.15) is 0 Å². The van der Waals surface area contributed by atoms with Crippen molar-refractivity contribution in [2.45, 2.75) is 52.4 Å². The van der Waals surface area contributed by atoms with Crippen LogP contribution in [0.4, 0.5) is 0 Å². The number of hydrogen-bond donors (Lipinski definition) is 0. The van der Waals surface area contributed by atoms with Crippen LogP contribution in [0.5, 0.6) is 0 Å². The van der Waals surface area contributed by atoms with Crippen LogP contribution >= 0.6 is 0 Å². The van der Waals surface area contributed by atoms with Gasteiger partial charge in [0.15, 0.2) is 0 Å². The molecule has 4 atom stereocenters. The van der Waals surface area contributed by atoms with E-state index in [0.717, 1.165) is 23.7 Å². The van der Waals surface area contributed by atoms with Gasteiger partial charge in [-0.3, -0.25) is 0 Å². The Balaban J connectivity index is 2.13. The summed E-state index contributed by atoms with van der Waals surface area (Å²) >= 11 is 0. The van der Waals surface area contributed by atoms with E-state index < -0.39 is 0 Å². The molecule has 90 valence electrons. The maximum atomic E-state index is 4.21. The van der Waals surface area contributed by atoms with Gasteiger partial charge in [-0.25, -0.2) is 0 Å². The van der Waals surface area contributed by atoms with Crippen LogP contribution < -0.4 is 0 Å². The van der Waals surface area contributed by atoms with Crippen LogP contribution in [0.2, 0.25) is 0 Å². The Morgan fingerprint density at radius 3 is 1.50 bits per heavy atom. The SMILES string of the molecule is C=C(C)C1CC2CCCCC2CC1C(=C)C. The van der Waals surface area contributed by atoms with Crippen molar-refractivity contribution in [1.82, 2.24) is 0 Å². The monoisotopic (exact) mass is 218 g/mol. The van der Waals surface area contributed by atoms with E-state index in [0.29, 0.717) is 0 Å². The maximum absolute atomic E-state index is 4.21. The van der Waals surface area contributed by atoms with Gasteiger partial charge in [-0.15, -0.1) is 0 Å². The van der Waals surface area contributed by atoms with Crippen molar-refractivity contribution >= 4 is 0 Å². The normalized spacial score (nSPS) is 38.9. The molecule has 2 saturated carbocycles. The topological polar surface area (TPSA) is 0 Å². The minimum atomic E-state index is 0.719. The van der Waals surface area contributed by atoms with Crippen molar-refractivity contribution in [3.8, 4) is 0 Å². The molecular weight excluding hydrogens is 192 g/mol. The quantitative estimate of drug-likeness (QED) is 0.574. The molecule has 0 amide bonds. The van der Waals surface area contributed by atoms with E-state index in [-0.39, 0.29) is 0 Å². The molecule has 16 heavy (non-hydrogen) atoms. The van der Waals surface area contributed by atoms with Crippen LogP contribution in [0.15, 0.2) is 24.3 Å². The van der Waals surface area contributed by atoms with E-state index >= 15 is 0 Å². The van der Waals surface area contributed by atoms with E-state index in [1.54, 1.807) is 0 Å². The third kappa shape index (κ3) is 2.26. The van der Waals surface area contributed by atoms with Crippen molar-refractivity contribution in [1.29, 1.82) is 0 Å². The van der Waals surface area contributed by atoms with Gasteiger partial charge < -0.3 is 0 Å². The lowest BCUT2D eigenvalue weighted by atomic mass is 9.61. The average molecular weight is 218 g/mol. The fraction of sp³-hybridized carbons (Fsp3) is 0.750. The summed E-state index contributed by atoms with van der Waals surface area (Å²) in [6.45, 7) is 12.8. The molecule has 0 aromatic carbocycles. The lowest BCUT2D eigenvalue weighted by molar-refractivity contribution is 0.109. The number of allylic oxidation sites excluding steroid dienone is 2. The Bertz CT molecular complexity index is 256. The summed E-state index contributed by atoms with van der Waals surface area (Å²) in [4.78, 5) is 0. The van der Waals surface area contributed by atoms with Gasteiger partial charge in [0.05, 0.1) is 0 Å². The zero-order valence-electron chi connectivity index (χ0n) is 11.0. The van der Waals surface area contributed by atoms with Crippen molar-refractivity contribution in [3.05, 3.63) is 24.3 Å². The van der Waals surface area contributed by atoms with Crippen LogP contribution in [0, 0.1) is 23.7 Å². The van der Waals surface area contributed by atoms with Crippen molar-refractivity contribution in [2.24, 2.45) is 23.7 Å². The summed E-state index contributed by atoms with van der Waals surface area (Å²) in [6, 6.07) is 0.